The van der Waals surface area contributed by atoms with Crippen LogP contribution >= 0.6 is 23.1 Å². The third kappa shape index (κ3) is 2.96. The van der Waals surface area contributed by atoms with Gasteiger partial charge in [0.05, 0.1) is 5.39 Å². The zero-order valence-electron chi connectivity index (χ0n) is 13.5. The van der Waals surface area contributed by atoms with Gasteiger partial charge in [0.25, 0.3) is 0 Å². The highest BCUT2D eigenvalue weighted by atomic mass is 35.5. The zero-order chi connectivity index (χ0) is 19.8. The molecule has 0 spiro atoms. The van der Waals surface area contributed by atoms with Gasteiger partial charge in [-0.25, -0.2) is 9.37 Å². The van der Waals surface area contributed by atoms with E-state index in [9.17, 15) is 18.9 Å². The first-order valence-electron chi connectivity index (χ1n) is 7.53. The Labute approximate surface area is 163 Å². The fourth-order valence-corrected chi connectivity index (χ4v) is 3.28. The summed E-state index contributed by atoms with van der Waals surface area (Å²) in [6, 6.07) is 4.30. The predicted octanol–water partition coefficient (Wildman–Crippen LogP) is 3.00. The van der Waals surface area contributed by atoms with E-state index in [-0.39, 0.29) is 16.2 Å². The van der Waals surface area contributed by atoms with Crippen molar-refractivity contribution in [1.29, 1.82) is 0 Å². The predicted molar refractivity (Wildman–Crippen MR) is 99.1 cm³/mol. The van der Waals surface area contributed by atoms with E-state index < -0.39 is 27.9 Å². The average Bonchev–Trinajstić information content (AvgIpc) is 3.20. The Morgan fingerprint density at radius 2 is 2.14 bits per heavy atom. The molecule has 0 aliphatic carbocycles. The highest BCUT2D eigenvalue weighted by molar-refractivity contribution is 7.08. The number of fused-ring (bicyclic) bond motifs is 1. The van der Waals surface area contributed by atoms with Crippen LogP contribution in [0.15, 0.2) is 46.8 Å². The second-order valence-corrected chi connectivity index (χ2v) is 6.50. The zero-order valence-corrected chi connectivity index (χ0v) is 15.1. The van der Waals surface area contributed by atoms with E-state index in [1.54, 1.807) is 24.5 Å². The fourth-order valence-electron chi connectivity index (χ4n) is 2.48. The highest BCUT2D eigenvalue weighted by Gasteiger charge is 2.21. The molecule has 0 bridgehead atoms. The van der Waals surface area contributed by atoms with Crippen molar-refractivity contribution in [2.24, 2.45) is 5.18 Å². The average molecular weight is 417 g/mol. The van der Waals surface area contributed by atoms with Crippen LogP contribution in [0, 0.1) is 10.7 Å². The lowest BCUT2D eigenvalue weighted by Gasteiger charge is -2.08. The molecule has 4 aromatic heterocycles. The molecule has 0 N–H and O–H groups in total. The third-order valence-electron chi connectivity index (χ3n) is 3.74. The SMILES string of the molecule is O=NC(=O)c1cn(-c2nc(-c3cccnc3)ns2)c2nc(Cl)c(F)cc2c1=O. The molecule has 4 heterocycles. The molecule has 0 fully saturated rings. The molecule has 28 heavy (non-hydrogen) atoms. The molecular formula is C16H6ClFN6O3S. The summed E-state index contributed by atoms with van der Waals surface area (Å²) in [5.41, 5.74) is -0.856. The summed E-state index contributed by atoms with van der Waals surface area (Å²) >= 11 is 6.68. The largest absolute Gasteiger partial charge is 0.322 e. The molecule has 12 heteroatoms. The minimum Gasteiger partial charge on any atom is -0.288 e. The topological polar surface area (TPSA) is 120 Å². The van der Waals surface area contributed by atoms with Crippen molar-refractivity contribution in [3.05, 3.63) is 68.5 Å². The van der Waals surface area contributed by atoms with Gasteiger partial charge in [-0.2, -0.15) is 9.36 Å². The molecule has 0 atom stereocenters. The number of hydrogen-bond donors (Lipinski definition) is 0. The molecule has 0 aliphatic rings. The number of carbonyl (C=O) groups excluding carboxylic acids is 1. The van der Waals surface area contributed by atoms with Gasteiger partial charge in [-0.3, -0.25) is 19.1 Å². The number of nitroso groups, excluding NO2 is 1. The molecule has 9 nitrogen and oxygen atoms in total. The molecule has 138 valence electrons. The fraction of sp³-hybridized carbons (Fsp3) is 0. The number of rotatable bonds is 3. The number of carbonyl (C=O) groups is 1. The number of pyridine rings is 3. The summed E-state index contributed by atoms with van der Waals surface area (Å²) in [6.07, 6.45) is 4.21. The van der Waals surface area contributed by atoms with Crippen LogP contribution in [0.25, 0.3) is 27.6 Å². The Bertz CT molecular complexity index is 1310. The second-order valence-electron chi connectivity index (χ2n) is 5.41. The van der Waals surface area contributed by atoms with Gasteiger partial charge in [-0.05, 0) is 18.2 Å². The monoisotopic (exact) mass is 416 g/mol. The van der Waals surface area contributed by atoms with Gasteiger partial charge in [0.1, 0.15) is 5.56 Å². The lowest BCUT2D eigenvalue weighted by atomic mass is 10.2. The normalized spacial score (nSPS) is 10.9. The molecule has 0 saturated carbocycles. The van der Waals surface area contributed by atoms with Crippen LogP contribution in [-0.2, 0) is 0 Å². The van der Waals surface area contributed by atoms with Crippen molar-refractivity contribution in [3.8, 4) is 16.5 Å². The summed E-state index contributed by atoms with van der Waals surface area (Å²) in [5.74, 6) is -1.91. The Hall–Kier alpha value is -3.44. The summed E-state index contributed by atoms with van der Waals surface area (Å²) < 4.78 is 19.3. The van der Waals surface area contributed by atoms with Gasteiger partial charge in [-0.1, -0.05) is 11.6 Å². The maximum Gasteiger partial charge on any atom is 0.322 e. The van der Waals surface area contributed by atoms with Crippen LogP contribution in [0.4, 0.5) is 4.39 Å². The van der Waals surface area contributed by atoms with Crippen molar-refractivity contribution in [2.75, 3.05) is 0 Å². The molecule has 1 amide bonds. The first-order valence-corrected chi connectivity index (χ1v) is 8.68. The third-order valence-corrected chi connectivity index (χ3v) is 4.72. The van der Waals surface area contributed by atoms with E-state index in [2.05, 4.69) is 24.5 Å². The standard InChI is InChI=1S/C16H6ClFN6O3S/c17-12-10(18)4-8-11(25)9(15(26)22-27)6-24(14(8)20-12)16-21-13(23-28-16)7-2-1-3-19-5-7/h1-6H. The molecule has 0 aliphatic heterocycles. The molecular weight excluding hydrogens is 411 g/mol. The maximum atomic E-state index is 13.9. The number of amides is 1. The van der Waals surface area contributed by atoms with Crippen molar-refractivity contribution >= 4 is 40.1 Å². The van der Waals surface area contributed by atoms with Gasteiger partial charge in [-0.15, -0.1) is 4.91 Å². The number of nitrogens with zero attached hydrogens (tertiary/aromatic N) is 6. The lowest BCUT2D eigenvalue weighted by molar-refractivity contribution is 0.0999. The summed E-state index contributed by atoms with van der Waals surface area (Å²) in [4.78, 5) is 47.1. The van der Waals surface area contributed by atoms with Crippen LogP contribution in [0.5, 0.6) is 0 Å². The van der Waals surface area contributed by atoms with E-state index in [4.69, 9.17) is 11.6 Å². The van der Waals surface area contributed by atoms with Gasteiger partial charge in [0, 0.05) is 40.9 Å². The van der Waals surface area contributed by atoms with Crippen LogP contribution in [-0.4, -0.2) is 29.8 Å². The van der Waals surface area contributed by atoms with Crippen LogP contribution in [0.1, 0.15) is 10.4 Å². The van der Waals surface area contributed by atoms with Crippen LogP contribution < -0.4 is 5.43 Å². The summed E-state index contributed by atoms with van der Waals surface area (Å²) in [5, 5.41) is 1.76. The lowest BCUT2D eigenvalue weighted by Crippen LogP contribution is -2.18. The molecule has 0 radical (unpaired) electrons. The van der Waals surface area contributed by atoms with Gasteiger partial charge >= 0.3 is 5.91 Å². The van der Waals surface area contributed by atoms with E-state index >= 15 is 0 Å². The molecule has 4 aromatic rings. The smallest absolute Gasteiger partial charge is 0.288 e. The van der Waals surface area contributed by atoms with E-state index in [1.165, 1.54) is 4.57 Å². The van der Waals surface area contributed by atoms with E-state index in [0.29, 0.717) is 11.4 Å². The number of halogens is 2. The molecule has 0 unspecified atom stereocenters. The molecule has 4 rings (SSSR count). The maximum absolute atomic E-state index is 13.9. The number of aromatic nitrogens is 5. The first-order chi connectivity index (χ1) is 13.5. The van der Waals surface area contributed by atoms with Crippen LogP contribution in [0.2, 0.25) is 5.15 Å². The summed E-state index contributed by atoms with van der Waals surface area (Å²) in [6.45, 7) is 0. The van der Waals surface area contributed by atoms with Crippen molar-refractivity contribution in [2.45, 2.75) is 0 Å². The number of hydrogen-bond acceptors (Lipinski definition) is 8. The van der Waals surface area contributed by atoms with Crippen LogP contribution in [0.3, 0.4) is 0 Å². The second kappa shape index (κ2) is 6.94. The van der Waals surface area contributed by atoms with Gasteiger partial charge in [0.15, 0.2) is 22.4 Å². The Balaban J connectivity index is 2.01. The molecule has 0 saturated heterocycles. The quantitative estimate of drug-likeness (QED) is 0.372. The Morgan fingerprint density at radius 3 is 2.86 bits per heavy atom. The van der Waals surface area contributed by atoms with Crippen molar-refractivity contribution in [1.82, 2.24) is 23.9 Å². The molecule has 0 aromatic carbocycles. The Kier molecular flexibility index (Phi) is 4.45. The Morgan fingerprint density at radius 1 is 1.32 bits per heavy atom. The summed E-state index contributed by atoms with van der Waals surface area (Å²) in [7, 11) is 0. The van der Waals surface area contributed by atoms with Crippen molar-refractivity contribution < 1.29 is 9.18 Å². The van der Waals surface area contributed by atoms with Gasteiger partial charge < -0.3 is 0 Å². The highest BCUT2D eigenvalue weighted by Crippen LogP contribution is 2.24. The first kappa shape index (κ1) is 17.9. The minimum atomic E-state index is -1.30. The van der Waals surface area contributed by atoms with E-state index in [0.717, 1.165) is 23.8 Å². The minimum absolute atomic E-state index is 0.0484. The van der Waals surface area contributed by atoms with Gasteiger partial charge in [0.2, 0.25) is 10.6 Å². The van der Waals surface area contributed by atoms with E-state index in [1.807, 2.05) is 0 Å². The van der Waals surface area contributed by atoms with Crippen molar-refractivity contribution in [3.63, 3.8) is 0 Å².